The van der Waals surface area contributed by atoms with Gasteiger partial charge in [0.15, 0.2) is 5.17 Å². The molecule has 0 aliphatic rings. The zero-order chi connectivity index (χ0) is 13.6. The molecule has 0 fully saturated rings. The molecule has 1 aromatic carbocycles. The molecular formula is C12H15F3N2S. The molecule has 2 N–H and O–H groups in total. The molecule has 0 aromatic heterocycles. The van der Waals surface area contributed by atoms with Crippen molar-refractivity contribution in [2.75, 3.05) is 5.75 Å². The predicted molar refractivity (Wildman–Crippen MR) is 70.1 cm³/mol. The number of rotatable bonds is 4. The number of alkyl halides is 3. The highest BCUT2D eigenvalue weighted by Gasteiger charge is 2.29. The standard InChI is InChI=1S/C12H15F3N2S/c1-2-3-8-18-11(16)17-10-6-4-9(5-7-10)12(13,14)15/h4-7H,2-3,8H2,1H3,(H2,16,17). The molecule has 0 heterocycles. The molecule has 0 unspecified atom stereocenters. The second-order valence-electron chi connectivity index (χ2n) is 3.70. The Balaban J connectivity index is 2.65. The molecule has 0 amide bonds. The molecule has 1 aromatic rings. The van der Waals surface area contributed by atoms with Gasteiger partial charge in [0.1, 0.15) is 0 Å². The van der Waals surface area contributed by atoms with Crippen LogP contribution in [-0.2, 0) is 6.18 Å². The highest BCUT2D eigenvalue weighted by atomic mass is 32.2. The molecule has 2 nitrogen and oxygen atoms in total. The molecule has 0 spiro atoms. The molecule has 0 saturated carbocycles. The molecule has 0 bridgehead atoms. The summed E-state index contributed by atoms with van der Waals surface area (Å²) in [5.74, 6) is 0.868. The molecule has 18 heavy (non-hydrogen) atoms. The summed E-state index contributed by atoms with van der Waals surface area (Å²) in [7, 11) is 0. The number of nitrogens with two attached hydrogens (primary N) is 1. The maximum absolute atomic E-state index is 12.3. The van der Waals surface area contributed by atoms with Gasteiger partial charge in [-0.05, 0) is 30.7 Å². The second kappa shape index (κ2) is 6.68. The molecule has 100 valence electrons. The average Bonchev–Trinajstić information content (AvgIpc) is 2.29. The van der Waals surface area contributed by atoms with Crippen molar-refractivity contribution < 1.29 is 13.2 Å². The summed E-state index contributed by atoms with van der Waals surface area (Å²) in [4.78, 5) is 4.04. The first kappa shape index (κ1) is 14.9. The number of amidine groups is 1. The molecule has 0 aliphatic heterocycles. The molecule has 0 radical (unpaired) electrons. The van der Waals surface area contributed by atoms with Crippen LogP contribution in [0.5, 0.6) is 0 Å². The molecule has 0 aliphatic carbocycles. The van der Waals surface area contributed by atoms with E-state index in [-0.39, 0.29) is 0 Å². The van der Waals surface area contributed by atoms with Crippen LogP contribution in [0.2, 0.25) is 0 Å². The minimum absolute atomic E-state index is 0.378. The fraction of sp³-hybridized carbons (Fsp3) is 0.417. The SMILES string of the molecule is CCCCSC(N)=Nc1ccc(C(F)(F)F)cc1. The van der Waals surface area contributed by atoms with Gasteiger partial charge in [0, 0.05) is 5.75 Å². The van der Waals surface area contributed by atoms with Crippen molar-refractivity contribution in [2.24, 2.45) is 10.7 Å². The number of aliphatic imine (C=N–C) groups is 1. The highest BCUT2D eigenvalue weighted by molar-refractivity contribution is 8.13. The largest absolute Gasteiger partial charge is 0.416 e. The fourth-order valence-corrected chi connectivity index (χ4v) is 2.02. The van der Waals surface area contributed by atoms with Gasteiger partial charge in [-0.2, -0.15) is 13.2 Å². The van der Waals surface area contributed by atoms with E-state index in [4.69, 9.17) is 5.73 Å². The minimum atomic E-state index is -4.32. The van der Waals surface area contributed by atoms with Crippen molar-refractivity contribution in [1.82, 2.24) is 0 Å². The quantitative estimate of drug-likeness (QED) is 0.509. The third kappa shape index (κ3) is 5.00. The van der Waals surface area contributed by atoms with Gasteiger partial charge in [0.25, 0.3) is 0 Å². The lowest BCUT2D eigenvalue weighted by molar-refractivity contribution is -0.137. The van der Waals surface area contributed by atoms with Crippen molar-refractivity contribution in [3.8, 4) is 0 Å². The van der Waals surface area contributed by atoms with Crippen molar-refractivity contribution >= 4 is 22.6 Å². The summed E-state index contributed by atoms with van der Waals surface area (Å²) < 4.78 is 37.0. The van der Waals surface area contributed by atoms with Crippen LogP contribution in [0.15, 0.2) is 29.3 Å². The first-order valence-electron chi connectivity index (χ1n) is 5.57. The predicted octanol–water partition coefficient (Wildman–Crippen LogP) is 4.18. The second-order valence-corrected chi connectivity index (χ2v) is 4.81. The lowest BCUT2D eigenvalue weighted by atomic mass is 10.2. The topological polar surface area (TPSA) is 38.4 Å². The number of thioether (sulfide) groups is 1. The first-order valence-corrected chi connectivity index (χ1v) is 6.56. The Kier molecular flexibility index (Phi) is 5.53. The Morgan fingerprint density at radius 1 is 1.28 bits per heavy atom. The molecule has 0 atom stereocenters. The van der Waals surface area contributed by atoms with Gasteiger partial charge >= 0.3 is 6.18 Å². The van der Waals surface area contributed by atoms with Gasteiger partial charge in [-0.15, -0.1) is 0 Å². The average molecular weight is 276 g/mol. The number of nitrogens with zero attached hydrogens (tertiary/aromatic N) is 1. The van der Waals surface area contributed by atoms with Gasteiger partial charge in [-0.25, -0.2) is 4.99 Å². The van der Waals surface area contributed by atoms with E-state index in [9.17, 15) is 13.2 Å². The fourth-order valence-electron chi connectivity index (χ4n) is 1.21. The van der Waals surface area contributed by atoms with Crippen LogP contribution in [0.1, 0.15) is 25.3 Å². The Bertz CT molecular complexity index is 399. The van der Waals surface area contributed by atoms with Crippen molar-refractivity contribution in [3.05, 3.63) is 29.8 Å². The van der Waals surface area contributed by atoms with Crippen LogP contribution in [0, 0.1) is 0 Å². The number of unbranched alkanes of at least 4 members (excludes halogenated alkanes) is 1. The number of halogens is 3. The number of benzene rings is 1. The summed E-state index contributed by atoms with van der Waals surface area (Å²) in [5, 5.41) is 0.378. The molecule has 0 saturated heterocycles. The van der Waals surface area contributed by atoms with E-state index in [0.717, 1.165) is 30.7 Å². The third-order valence-electron chi connectivity index (χ3n) is 2.18. The van der Waals surface area contributed by atoms with Crippen LogP contribution < -0.4 is 5.73 Å². The smallest absolute Gasteiger partial charge is 0.378 e. The number of hydrogen-bond acceptors (Lipinski definition) is 2. The van der Waals surface area contributed by atoms with Crippen molar-refractivity contribution in [2.45, 2.75) is 25.9 Å². The normalized spacial score (nSPS) is 12.8. The van der Waals surface area contributed by atoms with E-state index < -0.39 is 11.7 Å². The summed E-state index contributed by atoms with van der Waals surface area (Å²) in [6.07, 6.45) is -2.21. The van der Waals surface area contributed by atoms with Crippen LogP contribution in [-0.4, -0.2) is 10.9 Å². The van der Waals surface area contributed by atoms with Crippen LogP contribution in [0.4, 0.5) is 18.9 Å². The van der Waals surface area contributed by atoms with E-state index in [1.807, 2.05) is 0 Å². The monoisotopic (exact) mass is 276 g/mol. The van der Waals surface area contributed by atoms with Gasteiger partial charge in [0.2, 0.25) is 0 Å². The zero-order valence-corrected chi connectivity index (χ0v) is 10.8. The number of hydrogen-bond donors (Lipinski definition) is 1. The Morgan fingerprint density at radius 2 is 1.89 bits per heavy atom. The zero-order valence-electron chi connectivity index (χ0n) is 10.00. The lowest BCUT2D eigenvalue weighted by Gasteiger charge is -2.06. The summed E-state index contributed by atoms with van der Waals surface area (Å²) in [6, 6.07) is 4.64. The van der Waals surface area contributed by atoms with Gasteiger partial charge < -0.3 is 5.73 Å². The van der Waals surface area contributed by atoms with Crippen LogP contribution in [0.3, 0.4) is 0 Å². The highest BCUT2D eigenvalue weighted by Crippen LogP contribution is 2.30. The maximum atomic E-state index is 12.3. The van der Waals surface area contributed by atoms with Crippen LogP contribution in [0.25, 0.3) is 0 Å². The van der Waals surface area contributed by atoms with E-state index >= 15 is 0 Å². The van der Waals surface area contributed by atoms with E-state index in [0.29, 0.717) is 10.9 Å². The van der Waals surface area contributed by atoms with Gasteiger partial charge in [-0.1, -0.05) is 25.1 Å². The summed E-state index contributed by atoms with van der Waals surface area (Å²) >= 11 is 1.41. The van der Waals surface area contributed by atoms with Crippen LogP contribution >= 0.6 is 11.8 Å². The van der Waals surface area contributed by atoms with Crippen molar-refractivity contribution in [3.63, 3.8) is 0 Å². The molecule has 6 heteroatoms. The molecule has 1 rings (SSSR count). The Morgan fingerprint density at radius 3 is 2.39 bits per heavy atom. The summed E-state index contributed by atoms with van der Waals surface area (Å²) in [6.45, 7) is 2.07. The van der Waals surface area contributed by atoms with E-state index in [2.05, 4.69) is 11.9 Å². The van der Waals surface area contributed by atoms with E-state index in [1.165, 1.54) is 23.9 Å². The Hall–Kier alpha value is -1.17. The minimum Gasteiger partial charge on any atom is -0.378 e. The van der Waals surface area contributed by atoms with E-state index in [1.54, 1.807) is 0 Å². The lowest BCUT2D eigenvalue weighted by Crippen LogP contribution is -2.07. The van der Waals surface area contributed by atoms with Gasteiger partial charge in [-0.3, -0.25) is 0 Å². The first-order chi connectivity index (χ1) is 8.43. The molecular weight excluding hydrogens is 261 g/mol. The third-order valence-corrected chi connectivity index (χ3v) is 3.06. The Labute approximate surface area is 108 Å². The maximum Gasteiger partial charge on any atom is 0.416 e. The van der Waals surface area contributed by atoms with Gasteiger partial charge in [0.05, 0.1) is 11.3 Å². The summed E-state index contributed by atoms with van der Waals surface area (Å²) in [5.41, 5.74) is 5.41. The van der Waals surface area contributed by atoms with Crippen molar-refractivity contribution in [1.29, 1.82) is 0 Å².